The fourth-order valence-electron chi connectivity index (χ4n) is 2.64. The average Bonchev–Trinajstić information content (AvgIpc) is 2.45. The number of pyridine rings is 1. The van der Waals surface area contributed by atoms with Crippen molar-refractivity contribution >= 4 is 5.91 Å². The highest BCUT2D eigenvalue weighted by Crippen LogP contribution is 2.29. The molecule has 1 heterocycles. The summed E-state index contributed by atoms with van der Waals surface area (Å²) in [6, 6.07) is 4.16. The molecular formula is C14H19FN2O2. The topological polar surface area (TPSA) is 62.2 Å². The number of hydrogen-bond acceptors (Lipinski definition) is 3. The third-order valence-corrected chi connectivity index (χ3v) is 3.77. The fraction of sp³-hybridized carbons (Fsp3) is 0.571. The Balaban J connectivity index is 1.89. The third-order valence-electron chi connectivity index (χ3n) is 3.77. The molecule has 5 heteroatoms. The molecule has 0 aliphatic heterocycles. The van der Waals surface area contributed by atoms with E-state index in [0.29, 0.717) is 12.5 Å². The van der Waals surface area contributed by atoms with Gasteiger partial charge in [0.05, 0.1) is 0 Å². The summed E-state index contributed by atoms with van der Waals surface area (Å²) in [5, 5.41) is 12.1. The summed E-state index contributed by atoms with van der Waals surface area (Å²) in [7, 11) is 0. The van der Waals surface area contributed by atoms with E-state index < -0.39 is 5.95 Å². The van der Waals surface area contributed by atoms with E-state index in [-0.39, 0.29) is 24.1 Å². The molecule has 0 radical (unpaired) electrons. The van der Waals surface area contributed by atoms with Gasteiger partial charge in [-0.25, -0.2) is 4.98 Å². The van der Waals surface area contributed by atoms with Gasteiger partial charge in [-0.2, -0.15) is 4.39 Å². The van der Waals surface area contributed by atoms with Crippen molar-refractivity contribution in [2.45, 2.75) is 25.7 Å². The lowest BCUT2D eigenvalue weighted by atomic mass is 9.79. The van der Waals surface area contributed by atoms with Crippen LogP contribution in [0.1, 0.15) is 36.2 Å². The predicted molar refractivity (Wildman–Crippen MR) is 69.1 cm³/mol. The number of nitrogens with one attached hydrogen (secondary N) is 1. The van der Waals surface area contributed by atoms with E-state index in [1.54, 1.807) is 0 Å². The van der Waals surface area contributed by atoms with Crippen molar-refractivity contribution in [2.75, 3.05) is 13.2 Å². The highest BCUT2D eigenvalue weighted by Gasteiger charge is 2.24. The van der Waals surface area contributed by atoms with E-state index >= 15 is 0 Å². The van der Waals surface area contributed by atoms with Crippen LogP contribution in [0.5, 0.6) is 0 Å². The highest BCUT2D eigenvalue weighted by atomic mass is 19.1. The van der Waals surface area contributed by atoms with Gasteiger partial charge in [-0.05, 0) is 36.8 Å². The Morgan fingerprint density at radius 2 is 2.11 bits per heavy atom. The largest absolute Gasteiger partial charge is 0.396 e. The van der Waals surface area contributed by atoms with E-state index in [1.165, 1.54) is 18.2 Å². The second-order valence-electron chi connectivity index (χ2n) is 5.04. The van der Waals surface area contributed by atoms with Crippen LogP contribution in [-0.2, 0) is 0 Å². The van der Waals surface area contributed by atoms with Gasteiger partial charge in [-0.1, -0.05) is 18.9 Å². The van der Waals surface area contributed by atoms with E-state index in [9.17, 15) is 14.3 Å². The zero-order valence-corrected chi connectivity index (χ0v) is 10.8. The maximum absolute atomic E-state index is 12.9. The first-order chi connectivity index (χ1) is 9.20. The molecule has 19 heavy (non-hydrogen) atoms. The van der Waals surface area contributed by atoms with E-state index in [1.807, 2.05) is 0 Å². The number of amides is 1. The van der Waals surface area contributed by atoms with Gasteiger partial charge in [-0.15, -0.1) is 0 Å². The summed E-state index contributed by atoms with van der Waals surface area (Å²) < 4.78 is 12.9. The van der Waals surface area contributed by atoms with Crippen LogP contribution in [0, 0.1) is 17.8 Å². The molecule has 0 aromatic carbocycles. The van der Waals surface area contributed by atoms with Crippen molar-refractivity contribution in [1.29, 1.82) is 0 Å². The van der Waals surface area contributed by atoms with Gasteiger partial charge in [-0.3, -0.25) is 4.79 Å². The molecule has 0 spiro atoms. The molecular weight excluding hydrogens is 247 g/mol. The molecule has 1 fully saturated rings. The summed E-state index contributed by atoms with van der Waals surface area (Å²) in [5.41, 5.74) is 0.0938. The molecule has 1 aromatic heterocycles. The van der Waals surface area contributed by atoms with Crippen LogP contribution in [0.3, 0.4) is 0 Å². The second kappa shape index (κ2) is 6.61. The summed E-state index contributed by atoms with van der Waals surface area (Å²) >= 11 is 0. The summed E-state index contributed by atoms with van der Waals surface area (Å²) in [6.45, 7) is 0.682. The molecule has 1 aromatic rings. The third kappa shape index (κ3) is 3.73. The van der Waals surface area contributed by atoms with Gasteiger partial charge in [0.1, 0.15) is 5.69 Å². The van der Waals surface area contributed by atoms with Crippen LogP contribution < -0.4 is 5.32 Å². The van der Waals surface area contributed by atoms with Crippen molar-refractivity contribution in [3.63, 3.8) is 0 Å². The molecule has 1 aliphatic carbocycles. The minimum atomic E-state index is -0.654. The molecule has 1 amide bonds. The smallest absolute Gasteiger partial charge is 0.270 e. The first-order valence-electron chi connectivity index (χ1n) is 6.72. The van der Waals surface area contributed by atoms with Crippen LogP contribution in [0.15, 0.2) is 18.2 Å². The van der Waals surface area contributed by atoms with Gasteiger partial charge < -0.3 is 10.4 Å². The number of carbonyl (C=O) groups excluding carboxylic acids is 1. The minimum absolute atomic E-state index is 0.0938. The van der Waals surface area contributed by atoms with Gasteiger partial charge >= 0.3 is 0 Å². The van der Waals surface area contributed by atoms with Crippen molar-refractivity contribution in [2.24, 2.45) is 11.8 Å². The standard InChI is InChI=1S/C14H19FN2O2/c15-13-7-3-6-12(17-13)14(19)16-8-10-4-1-2-5-11(10)9-18/h3,6-7,10-11,18H,1-2,4-5,8-9H2,(H,16,19). The zero-order chi connectivity index (χ0) is 13.7. The maximum Gasteiger partial charge on any atom is 0.270 e. The summed E-state index contributed by atoms with van der Waals surface area (Å²) in [4.78, 5) is 15.4. The lowest BCUT2D eigenvalue weighted by Crippen LogP contribution is -2.35. The molecule has 2 rings (SSSR count). The van der Waals surface area contributed by atoms with Crippen molar-refractivity contribution < 1.29 is 14.3 Å². The van der Waals surface area contributed by atoms with E-state index in [4.69, 9.17) is 0 Å². The Kier molecular flexibility index (Phi) is 4.85. The van der Waals surface area contributed by atoms with Gasteiger partial charge in [0, 0.05) is 13.2 Å². The van der Waals surface area contributed by atoms with E-state index in [0.717, 1.165) is 25.7 Å². The van der Waals surface area contributed by atoms with Crippen molar-refractivity contribution in [3.05, 3.63) is 29.8 Å². The average molecular weight is 266 g/mol. The number of nitrogens with zero attached hydrogens (tertiary/aromatic N) is 1. The van der Waals surface area contributed by atoms with Gasteiger partial charge in [0.2, 0.25) is 5.95 Å². The number of carbonyl (C=O) groups is 1. The van der Waals surface area contributed by atoms with E-state index in [2.05, 4.69) is 10.3 Å². The SMILES string of the molecule is O=C(NCC1CCCCC1CO)c1cccc(F)n1. The normalized spacial score (nSPS) is 23.1. The molecule has 2 unspecified atom stereocenters. The molecule has 0 saturated heterocycles. The van der Waals surface area contributed by atoms with Crippen LogP contribution >= 0.6 is 0 Å². The first-order valence-corrected chi connectivity index (χ1v) is 6.72. The Bertz CT molecular complexity index is 439. The van der Waals surface area contributed by atoms with Gasteiger partial charge in [0.25, 0.3) is 5.91 Å². The quantitative estimate of drug-likeness (QED) is 0.816. The Labute approximate surface area is 112 Å². The lowest BCUT2D eigenvalue weighted by Gasteiger charge is -2.30. The second-order valence-corrected chi connectivity index (χ2v) is 5.04. The first kappa shape index (κ1) is 13.9. The molecule has 1 aliphatic rings. The number of aliphatic hydroxyl groups is 1. The zero-order valence-electron chi connectivity index (χ0n) is 10.8. The Morgan fingerprint density at radius 1 is 1.37 bits per heavy atom. The fourth-order valence-corrected chi connectivity index (χ4v) is 2.64. The summed E-state index contributed by atoms with van der Waals surface area (Å²) in [6.07, 6.45) is 4.30. The number of aromatic nitrogens is 1. The number of halogens is 1. The maximum atomic E-state index is 12.9. The number of rotatable bonds is 4. The molecule has 104 valence electrons. The van der Waals surface area contributed by atoms with Crippen molar-refractivity contribution in [3.8, 4) is 0 Å². The predicted octanol–water partition coefficient (Wildman–Crippen LogP) is 1.75. The van der Waals surface area contributed by atoms with Crippen LogP contribution in [0.25, 0.3) is 0 Å². The monoisotopic (exact) mass is 266 g/mol. The lowest BCUT2D eigenvalue weighted by molar-refractivity contribution is 0.0903. The van der Waals surface area contributed by atoms with Gasteiger partial charge in [0.15, 0.2) is 0 Å². The Morgan fingerprint density at radius 3 is 2.79 bits per heavy atom. The molecule has 1 saturated carbocycles. The Hall–Kier alpha value is -1.49. The number of aliphatic hydroxyl groups excluding tert-OH is 1. The molecule has 4 nitrogen and oxygen atoms in total. The highest BCUT2D eigenvalue weighted by molar-refractivity contribution is 5.92. The van der Waals surface area contributed by atoms with Crippen LogP contribution in [0.4, 0.5) is 4.39 Å². The minimum Gasteiger partial charge on any atom is -0.396 e. The van der Waals surface area contributed by atoms with Crippen LogP contribution in [-0.4, -0.2) is 29.1 Å². The molecule has 0 bridgehead atoms. The van der Waals surface area contributed by atoms with Crippen LogP contribution in [0.2, 0.25) is 0 Å². The molecule has 2 N–H and O–H groups in total. The number of hydrogen-bond donors (Lipinski definition) is 2. The van der Waals surface area contributed by atoms with Crippen molar-refractivity contribution in [1.82, 2.24) is 10.3 Å². The summed E-state index contributed by atoms with van der Waals surface area (Å²) in [5.74, 6) is -0.453. The molecule has 2 atom stereocenters.